The first-order chi connectivity index (χ1) is 8.20. The molecule has 17 heavy (non-hydrogen) atoms. The van der Waals surface area contributed by atoms with Crippen molar-refractivity contribution in [3.05, 3.63) is 35.4 Å². The van der Waals surface area contributed by atoms with Crippen LogP contribution in [0, 0.1) is 5.92 Å². The van der Waals surface area contributed by atoms with Gasteiger partial charge in [-0.1, -0.05) is 12.1 Å². The Morgan fingerprint density at radius 1 is 1.12 bits per heavy atom. The second-order valence-corrected chi connectivity index (χ2v) is 4.67. The van der Waals surface area contributed by atoms with E-state index in [-0.39, 0.29) is 5.92 Å². The highest BCUT2D eigenvalue weighted by molar-refractivity contribution is 5.87. The molecule has 0 heterocycles. The molecule has 0 amide bonds. The molecule has 3 nitrogen and oxygen atoms in total. The van der Waals surface area contributed by atoms with Crippen molar-refractivity contribution < 1.29 is 14.7 Å². The summed E-state index contributed by atoms with van der Waals surface area (Å²) in [6.45, 7) is 0. The fraction of sp³-hybridized carbons (Fsp3) is 0.429. The third-order valence-electron chi connectivity index (χ3n) is 3.59. The molecule has 1 saturated carbocycles. The maximum Gasteiger partial charge on any atom is 0.335 e. The van der Waals surface area contributed by atoms with Crippen molar-refractivity contribution in [3.8, 4) is 0 Å². The number of carboxylic acids is 1. The van der Waals surface area contributed by atoms with E-state index in [0.717, 1.165) is 32.0 Å². The number of aromatic carboxylic acids is 1. The highest BCUT2D eigenvalue weighted by Crippen LogP contribution is 2.34. The minimum absolute atomic E-state index is 0.226. The topological polar surface area (TPSA) is 54.4 Å². The molecule has 1 fully saturated rings. The van der Waals surface area contributed by atoms with Gasteiger partial charge in [0.25, 0.3) is 0 Å². The maximum atomic E-state index is 10.7. The molecule has 0 unspecified atom stereocenters. The van der Waals surface area contributed by atoms with Crippen LogP contribution in [-0.4, -0.2) is 17.4 Å². The fourth-order valence-corrected chi connectivity index (χ4v) is 2.49. The first-order valence-corrected chi connectivity index (χ1v) is 5.99. The van der Waals surface area contributed by atoms with Crippen LogP contribution in [0.4, 0.5) is 0 Å². The Morgan fingerprint density at radius 3 is 2.18 bits per heavy atom. The Balaban J connectivity index is 2.03. The third kappa shape index (κ3) is 2.73. The molecule has 1 aromatic carbocycles. The minimum atomic E-state index is -0.888. The van der Waals surface area contributed by atoms with E-state index < -0.39 is 5.97 Å². The molecular formula is C14H16O3. The molecule has 1 N–H and O–H groups in total. The maximum absolute atomic E-state index is 10.7. The smallest absolute Gasteiger partial charge is 0.335 e. The zero-order chi connectivity index (χ0) is 12.3. The first-order valence-electron chi connectivity index (χ1n) is 5.99. The van der Waals surface area contributed by atoms with Gasteiger partial charge in [0, 0.05) is 5.92 Å². The predicted octanol–water partition coefficient (Wildman–Crippen LogP) is 2.86. The van der Waals surface area contributed by atoms with E-state index in [1.54, 1.807) is 12.1 Å². The minimum Gasteiger partial charge on any atom is -0.478 e. The van der Waals surface area contributed by atoms with Crippen LogP contribution in [-0.2, 0) is 4.79 Å². The van der Waals surface area contributed by atoms with E-state index in [1.165, 1.54) is 5.56 Å². The molecule has 0 atom stereocenters. The molecule has 0 saturated heterocycles. The van der Waals surface area contributed by atoms with E-state index in [9.17, 15) is 9.59 Å². The summed E-state index contributed by atoms with van der Waals surface area (Å²) in [6.07, 6.45) is 5.01. The van der Waals surface area contributed by atoms with Crippen LogP contribution in [0.15, 0.2) is 24.3 Å². The van der Waals surface area contributed by atoms with Gasteiger partial charge in [0.15, 0.2) is 0 Å². The van der Waals surface area contributed by atoms with E-state index in [1.807, 2.05) is 12.1 Å². The number of benzene rings is 1. The van der Waals surface area contributed by atoms with Crippen LogP contribution >= 0.6 is 0 Å². The molecule has 1 aliphatic carbocycles. The largest absolute Gasteiger partial charge is 0.478 e. The van der Waals surface area contributed by atoms with Gasteiger partial charge in [-0.25, -0.2) is 4.79 Å². The van der Waals surface area contributed by atoms with Crippen molar-refractivity contribution in [2.75, 3.05) is 0 Å². The van der Waals surface area contributed by atoms with Gasteiger partial charge >= 0.3 is 5.97 Å². The molecule has 0 aromatic heterocycles. The number of hydrogen-bond acceptors (Lipinski definition) is 2. The lowest BCUT2D eigenvalue weighted by atomic mass is 9.79. The summed E-state index contributed by atoms with van der Waals surface area (Å²) >= 11 is 0. The normalized spacial score (nSPS) is 24.2. The average Bonchev–Trinajstić information content (AvgIpc) is 2.39. The molecule has 0 aliphatic heterocycles. The zero-order valence-electron chi connectivity index (χ0n) is 9.63. The van der Waals surface area contributed by atoms with Crippen LogP contribution in [0.1, 0.15) is 47.5 Å². The highest BCUT2D eigenvalue weighted by atomic mass is 16.4. The molecule has 1 aromatic rings. The lowest BCUT2D eigenvalue weighted by Gasteiger charge is -2.25. The van der Waals surface area contributed by atoms with E-state index in [4.69, 9.17) is 5.11 Å². The average molecular weight is 232 g/mol. The number of rotatable bonds is 3. The standard InChI is InChI=1S/C14H16O3/c15-9-10-1-3-11(4-2-10)12-5-7-13(8-6-12)14(16)17/h5-11H,1-4H2,(H,16,17). The molecule has 0 spiro atoms. The first kappa shape index (κ1) is 11.8. The summed E-state index contributed by atoms with van der Waals surface area (Å²) < 4.78 is 0. The lowest BCUT2D eigenvalue weighted by molar-refractivity contribution is -0.111. The van der Waals surface area contributed by atoms with Gasteiger partial charge in [-0.15, -0.1) is 0 Å². The Kier molecular flexibility index (Phi) is 3.57. The van der Waals surface area contributed by atoms with Gasteiger partial charge in [0.1, 0.15) is 6.29 Å². The summed E-state index contributed by atoms with van der Waals surface area (Å²) in [4.78, 5) is 21.4. The van der Waals surface area contributed by atoms with Crippen molar-refractivity contribution >= 4 is 12.3 Å². The summed E-state index contributed by atoms with van der Waals surface area (Å²) in [5, 5.41) is 8.81. The van der Waals surface area contributed by atoms with Gasteiger partial charge in [-0.05, 0) is 49.3 Å². The van der Waals surface area contributed by atoms with Gasteiger partial charge in [-0.3, -0.25) is 0 Å². The number of hydrogen-bond donors (Lipinski definition) is 1. The van der Waals surface area contributed by atoms with Crippen molar-refractivity contribution in [3.63, 3.8) is 0 Å². The Labute approximate surface area is 100 Å². The lowest BCUT2D eigenvalue weighted by Crippen LogP contribution is -2.14. The molecule has 1 aliphatic rings. The van der Waals surface area contributed by atoms with Gasteiger partial charge in [-0.2, -0.15) is 0 Å². The van der Waals surface area contributed by atoms with E-state index in [0.29, 0.717) is 11.5 Å². The van der Waals surface area contributed by atoms with Crippen molar-refractivity contribution in [1.29, 1.82) is 0 Å². The Bertz CT molecular complexity index is 400. The van der Waals surface area contributed by atoms with Crippen LogP contribution in [0.3, 0.4) is 0 Å². The SMILES string of the molecule is O=CC1CCC(c2ccc(C(=O)O)cc2)CC1. The van der Waals surface area contributed by atoms with Crippen LogP contribution in [0.5, 0.6) is 0 Å². The quantitative estimate of drug-likeness (QED) is 0.815. The van der Waals surface area contributed by atoms with Crippen molar-refractivity contribution in [2.45, 2.75) is 31.6 Å². The molecule has 90 valence electrons. The predicted molar refractivity (Wildman–Crippen MR) is 64.2 cm³/mol. The van der Waals surface area contributed by atoms with Crippen molar-refractivity contribution in [2.24, 2.45) is 5.92 Å². The number of carboxylic acid groups (broad SMARTS) is 1. The second kappa shape index (κ2) is 5.13. The second-order valence-electron chi connectivity index (χ2n) is 4.67. The van der Waals surface area contributed by atoms with Crippen LogP contribution < -0.4 is 0 Å². The Morgan fingerprint density at radius 2 is 1.71 bits per heavy atom. The van der Waals surface area contributed by atoms with Gasteiger partial charge in [0.05, 0.1) is 5.56 Å². The number of carbonyl (C=O) groups is 2. The van der Waals surface area contributed by atoms with E-state index >= 15 is 0 Å². The summed E-state index contributed by atoms with van der Waals surface area (Å²) in [6, 6.07) is 7.11. The molecule has 0 bridgehead atoms. The van der Waals surface area contributed by atoms with Crippen molar-refractivity contribution in [1.82, 2.24) is 0 Å². The zero-order valence-corrected chi connectivity index (χ0v) is 9.63. The number of aldehydes is 1. The van der Waals surface area contributed by atoms with E-state index in [2.05, 4.69) is 0 Å². The Hall–Kier alpha value is -1.64. The van der Waals surface area contributed by atoms with Crippen LogP contribution in [0.25, 0.3) is 0 Å². The molecule has 2 rings (SSSR count). The van der Waals surface area contributed by atoms with Crippen LogP contribution in [0.2, 0.25) is 0 Å². The van der Waals surface area contributed by atoms with Gasteiger partial charge < -0.3 is 9.90 Å². The summed E-state index contributed by atoms with van der Waals surface area (Å²) in [7, 11) is 0. The summed E-state index contributed by atoms with van der Waals surface area (Å²) in [5.74, 6) is -0.181. The third-order valence-corrected chi connectivity index (χ3v) is 3.59. The summed E-state index contributed by atoms with van der Waals surface area (Å²) in [5.41, 5.74) is 1.52. The van der Waals surface area contributed by atoms with Gasteiger partial charge in [0.2, 0.25) is 0 Å². The number of carbonyl (C=O) groups excluding carboxylic acids is 1. The molecule has 3 heteroatoms. The fourth-order valence-electron chi connectivity index (χ4n) is 2.49. The molecular weight excluding hydrogens is 216 g/mol. The highest BCUT2D eigenvalue weighted by Gasteiger charge is 2.21. The monoisotopic (exact) mass is 232 g/mol. The molecule has 0 radical (unpaired) electrons.